The van der Waals surface area contributed by atoms with Gasteiger partial charge in [0.15, 0.2) is 0 Å². The molecule has 2 atom stereocenters. The highest BCUT2D eigenvalue weighted by Gasteiger charge is 2.37. The summed E-state index contributed by atoms with van der Waals surface area (Å²) in [5.74, 6) is 0.749. The second-order valence-corrected chi connectivity index (χ2v) is 6.35. The minimum absolute atomic E-state index is 0.126. The number of likely N-dealkylation sites (tertiary alicyclic amines) is 1. The highest BCUT2D eigenvalue weighted by molar-refractivity contribution is 6.31. The van der Waals surface area contributed by atoms with E-state index in [1.54, 1.807) is 6.07 Å². The minimum atomic E-state index is 0.126. The average Bonchev–Trinajstić information content (AvgIpc) is 3.02. The zero-order valence-corrected chi connectivity index (χ0v) is 12.7. The molecule has 20 heavy (non-hydrogen) atoms. The molecule has 5 heteroatoms. The molecule has 4 nitrogen and oxygen atoms in total. The number of nitrogens with one attached hydrogen (secondary N) is 1. The number of nitrogens with zero attached hydrogens (tertiary/aromatic N) is 2. The zero-order chi connectivity index (χ0) is 14.1. The van der Waals surface area contributed by atoms with Crippen LogP contribution in [0.1, 0.15) is 36.7 Å². The van der Waals surface area contributed by atoms with Crippen LogP contribution in [0.25, 0.3) is 0 Å². The standard InChI is InChI=1S/C15H22ClN3O/c1-2-6-18-9-12(16)7-14(18)15(20)19-8-11-4-3-5-17-13(11)10-19/h7,9,11,13,17H,2-6,8,10H2,1H3. The molecule has 0 spiro atoms. The van der Waals surface area contributed by atoms with Gasteiger partial charge in [-0.3, -0.25) is 4.79 Å². The first-order chi connectivity index (χ1) is 9.69. The van der Waals surface area contributed by atoms with Crippen molar-refractivity contribution in [2.24, 2.45) is 5.92 Å². The van der Waals surface area contributed by atoms with Crippen LogP contribution in [0.4, 0.5) is 0 Å². The highest BCUT2D eigenvalue weighted by Crippen LogP contribution is 2.27. The largest absolute Gasteiger partial charge is 0.342 e. The number of hydrogen-bond donors (Lipinski definition) is 1. The number of amides is 1. The van der Waals surface area contributed by atoms with Crippen molar-refractivity contribution in [2.75, 3.05) is 19.6 Å². The van der Waals surface area contributed by atoms with Crippen LogP contribution in [0.3, 0.4) is 0 Å². The number of halogens is 1. The number of aryl methyl sites for hydroxylation is 1. The van der Waals surface area contributed by atoms with Crippen LogP contribution in [0.2, 0.25) is 5.02 Å². The Bertz CT molecular complexity index is 485. The van der Waals surface area contributed by atoms with Crippen LogP contribution in [-0.4, -0.2) is 41.1 Å². The summed E-state index contributed by atoms with van der Waals surface area (Å²) in [5.41, 5.74) is 0.732. The van der Waals surface area contributed by atoms with Crippen LogP contribution in [0.15, 0.2) is 12.3 Å². The van der Waals surface area contributed by atoms with E-state index in [-0.39, 0.29) is 5.91 Å². The quantitative estimate of drug-likeness (QED) is 0.929. The lowest BCUT2D eigenvalue weighted by Crippen LogP contribution is -2.41. The molecule has 2 aliphatic heterocycles. The summed E-state index contributed by atoms with van der Waals surface area (Å²) < 4.78 is 1.99. The minimum Gasteiger partial charge on any atom is -0.342 e. The summed E-state index contributed by atoms with van der Waals surface area (Å²) in [4.78, 5) is 14.7. The van der Waals surface area contributed by atoms with Crippen LogP contribution < -0.4 is 5.32 Å². The molecule has 2 aliphatic rings. The van der Waals surface area contributed by atoms with Crippen LogP contribution >= 0.6 is 11.6 Å². The molecular weight excluding hydrogens is 274 g/mol. The maximum absolute atomic E-state index is 12.7. The van der Waals surface area contributed by atoms with Crippen molar-refractivity contribution in [3.05, 3.63) is 23.0 Å². The van der Waals surface area contributed by atoms with Gasteiger partial charge in [-0.05, 0) is 37.8 Å². The molecule has 0 bridgehead atoms. The fourth-order valence-corrected chi connectivity index (χ4v) is 3.68. The van der Waals surface area contributed by atoms with Crippen molar-refractivity contribution in [1.82, 2.24) is 14.8 Å². The zero-order valence-electron chi connectivity index (χ0n) is 11.9. The van der Waals surface area contributed by atoms with E-state index < -0.39 is 0 Å². The summed E-state index contributed by atoms with van der Waals surface area (Å²) in [6.45, 7) is 5.74. The predicted molar refractivity (Wildman–Crippen MR) is 80.2 cm³/mol. The van der Waals surface area contributed by atoms with E-state index in [1.165, 1.54) is 12.8 Å². The average molecular weight is 296 g/mol. The van der Waals surface area contributed by atoms with E-state index in [4.69, 9.17) is 11.6 Å². The van der Waals surface area contributed by atoms with Gasteiger partial charge in [0.2, 0.25) is 0 Å². The number of rotatable bonds is 3. The Hall–Kier alpha value is -1.00. The molecule has 1 N–H and O–H groups in total. The first-order valence-corrected chi connectivity index (χ1v) is 7.95. The van der Waals surface area contributed by atoms with Crippen molar-refractivity contribution >= 4 is 17.5 Å². The molecule has 0 aliphatic carbocycles. The van der Waals surface area contributed by atoms with E-state index in [2.05, 4.69) is 12.2 Å². The molecule has 1 amide bonds. The summed E-state index contributed by atoms with van der Waals surface area (Å²) in [5, 5.41) is 4.19. The Labute approximate surface area is 125 Å². The van der Waals surface area contributed by atoms with Gasteiger partial charge < -0.3 is 14.8 Å². The Morgan fingerprint density at radius 3 is 3.10 bits per heavy atom. The van der Waals surface area contributed by atoms with E-state index in [1.807, 2.05) is 15.7 Å². The van der Waals surface area contributed by atoms with E-state index in [0.717, 1.165) is 38.3 Å². The Morgan fingerprint density at radius 1 is 1.50 bits per heavy atom. The smallest absolute Gasteiger partial charge is 0.270 e. The number of carbonyl (C=O) groups is 1. The van der Waals surface area contributed by atoms with Crippen molar-refractivity contribution in [1.29, 1.82) is 0 Å². The van der Waals surface area contributed by atoms with Crippen LogP contribution in [-0.2, 0) is 6.54 Å². The van der Waals surface area contributed by atoms with Gasteiger partial charge in [0, 0.05) is 31.9 Å². The summed E-state index contributed by atoms with van der Waals surface area (Å²) in [6.07, 6.45) is 5.32. The molecule has 110 valence electrons. The summed E-state index contributed by atoms with van der Waals surface area (Å²) in [6, 6.07) is 2.28. The Balaban J connectivity index is 1.76. The topological polar surface area (TPSA) is 37.3 Å². The van der Waals surface area contributed by atoms with Gasteiger partial charge in [0.25, 0.3) is 5.91 Å². The maximum Gasteiger partial charge on any atom is 0.270 e. The maximum atomic E-state index is 12.7. The monoisotopic (exact) mass is 295 g/mol. The summed E-state index contributed by atoms with van der Waals surface area (Å²) >= 11 is 6.07. The first-order valence-electron chi connectivity index (χ1n) is 7.57. The Morgan fingerprint density at radius 2 is 2.35 bits per heavy atom. The molecular formula is C15H22ClN3O. The lowest BCUT2D eigenvalue weighted by Gasteiger charge is -2.24. The number of piperidine rings is 1. The predicted octanol–water partition coefficient (Wildman–Crippen LogP) is 2.38. The third-order valence-corrected chi connectivity index (χ3v) is 4.64. The van der Waals surface area contributed by atoms with Gasteiger partial charge in [-0.2, -0.15) is 0 Å². The van der Waals surface area contributed by atoms with Crippen LogP contribution in [0.5, 0.6) is 0 Å². The van der Waals surface area contributed by atoms with Gasteiger partial charge in [0.05, 0.1) is 5.02 Å². The lowest BCUT2D eigenvalue weighted by atomic mass is 9.94. The summed E-state index contributed by atoms with van der Waals surface area (Å²) in [7, 11) is 0. The molecule has 2 unspecified atom stereocenters. The van der Waals surface area contributed by atoms with Gasteiger partial charge in [-0.1, -0.05) is 18.5 Å². The molecule has 0 saturated carbocycles. The fraction of sp³-hybridized carbons (Fsp3) is 0.667. The second kappa shape index (κ2) is 5.78. The number of fused-ring (bicyclic) bond motifs is 1. The molecule has 0 aromatic carbocycles. The number of aromatic nitrogens is 1. The number of carbonyl (C=O) groups excluding carboxylic acids is 1. The van der Waals surface area contributed by atoms with Crippen molar-refractivity contribution < 1.29 is 4.79 Å². The van der Waals surface area contributed by atoms with E-state index in [9.17, 15) is 4.79 Å². The number of hydrogen-bond acceptors (Lipinski definition) is 2. The van der Waals surface area contributed by atoms with Gasteiger partial charge >= 0.3 is 0 Å². The van der Waals surface area contributed by atoms with Gasteiger partial charge in [-0.25, -0.2) is 0 Å². The molecule has 2 saturated heterocycles. The lowest BCUT2D eigenvalue weighted by molar-refractivity contribution is 0.0775. The Kier molecular flexibility index (Phi) is 4.03. The normalized spacial score (nSPS) is 25.8. The van der Waals surface area contributed by atoms with Crippen molar-refractivity contribution in [3.63, 3.8) is 0 Å². The highest BCUT2D eigenvalue weighted by atomic mass is 35.5. The van der Waals surface area contributed by atoms with Crippen LogP contribution in [0, 0.1) is 5.92 Å². The van der Waals surface area contributed by atoms with Gasteiger partial charge in [0.1, 0.15) is 5.69 Å². The molecule has 3 heterocycles. The first kappa shape index (κ1) is 14.0. The molecule has 2 fully saturated rings. The van der Waals surface area contributed by atoms with Crippen molar-refractivity contribution in [3.8, 4) is 0 Å². The van der Waals surface area contributed by atoms with E-state index in [0.29, 0.717) is 17.0 Å². The fourth-order valence-electron chi connectivity index (χ4n) is 3.45. The third-order valence-electron chi connectivity index (χ3n) is 4.43. The van der Waals surface area contributed by atoms with E-state index >= 15 is 0 Å². The molecule has 1 aromatic rings. The molecule has 0 radical (unpaired) electrons. The SMILES string of the molecule is CCCn1cc(Cl)cc1C(=O)N1CC2CCCNC2C1. The molecule has 1 aromatic heterocycles. The second-order valence-electron chi connectivity index (χ2n) is 5.91. The molecule has 3 rings (SSSR count). The van der Waals surface area contributed by atoms with Gasteiger partial charge in [-0.15, -0.1) is 0 Å². The third kappa shape index (κ3) is 2.59. The van der Waals surface area contributed by atoms with Crippen molar-refractivity contribution in [2.45, 2.75) is 38.8 Å².